The highest BCUT2D eigenvalue weighted by molar-refractivity contribution is 7.90. The smallest absolute Gasteiger partial charge is 0.238 e. The molecule has 0 spiro atoms. The lowest BCUT2D eigenvalue weighted by atomic mass is 9.86. The molecule has 0 atom stereocenters. The Hall–Kier alpha value is -1.90. The second-order valence-electron chi connectivity index (χ2n) is 7.62. The van der Waals surface area contributed by atoms with Gasteiger partial charge in [-0.3, -0.25) is 0 Å². The second-order valence-corrected chi connectivity index (χ2v) is 10.4. The van der Waals surface area contributed by atoms with Gasteiger partial charge in [0.05, 0.1) is 5.25 Å². The molecule has 7 nitrogen and oxygen atoms in total. The fraction of sp³-hybridized carbons (Fsp3) is 0.500. The summed E-state index contributed by atoms with van der Waals surface area (Å²) in [5.74, 6) is 2.15. The summed E-state index contributed by atoms with van der Waals surface area (Å²) in [6, 6.07) is 11.0. The summed E-state index contributed by atoms with van der Waals surface area (Å²) >= 11 is 5.86. The van der Waals surface area contributed by atoms with Crippen molar-refractivity contribution in [2.24, 2.45) is 5.92 Å². The van der Waals surface area contributed by atoms with E-state index in [1.807, 2.05) is 6.07 Å². The van der Waals surface area contributed by atoms with Crippen LogP contribution >= 0.6 is 11.6 Å². The normalized spacial score (nSPS) is 19.9. The van der Waals surface area contributed by atoms with Crippen molar-refractivity contribution < 1.29 is 13.2 Å². The fourth-order valence-corrected chi connectivity index (χ4v) is 4.12. The van der Waals surface area contributed by atoms with E-state index in [0.717, 1.165) is 25.7 Å². The van der Waals surface area contributed by atoms with Crippen molar-refractivity contribution in [2.45, 2.75) is 50.8 Å². The SMILES string of the molecule is CC(C)S(=O)(=O)NC[C@H]1CC[C@H](Nc2ccc(Oc3ccc(Cl)cc3)nn2)CC1. The van der Waals surface area contributed by atoms with E-state index in [1.54, 1.807) is 44.2 Å². The number of hydrogen-bond donors (Lipinski definition) is 2. The first kappa shape index (κ1) is 21.8. The van der Waals surface area contributed by atoms with Crippen LogP contribution in [0.3, 0.4) is 0 Å². The molecule has 1 aliphatic rings. The molecule has 1 aromatic carbocycles. The molecule has 3 rings (SSSR count). The van der Waals surface area contributed by atoms with E-state index < -0.39 is 15.3 Å². The van der Waals surface area contributed by atoms with E-state index in [9.17, 15) is 8.42 Å². The number of ether oxygens (including phenoxy) is 1. The van der Waals surface area contributed by atoms with Gasteiger partial charge in [-0.15, -0.1) is 10.2 Å². The molecule has 1 heterocycles. The van der Waals surface area contributed by atoms with Crippen molar-refractivity contribution >= 4 is 27.4 Å². The van der Waals surface area contributed by atoms with Gasteiger partial charge >= 0.3 is 0 Å². The largest absolute Gasteiger partial charge is 0.438 e. The quantitative estimate of drug-likeness (QED) is 0.640. The Kier molecular flexibility index (Phi) is 7.32. The topological polar surface area (TPSA) is 93.2 Å². The maximum Gasteiger partial charge on any atom is 0.238 e. The molecule has 1 saturated carbocycles. The van der Waals surface area contributed by atoms with Gasteiger partial charge in [-0.1, -0.05) is 11.6 Å². The van der Waals surface area contributed by atoms with Crippen LogP contribution in [-0.2, 0) is 10.0 Å². The maximum atomic E-state index is 11.9. The van der Waals surface area contributed by atoms with Crippen LogP contribution < -0.4 is 14.8 Å². The zero-order valence-corrected chi connectivity index (χ0v) is 18.2. The van der Waals surface area contributed by atoms with Crippen LogP contribution in [0.5, 0.6) is 11.6 Å². The summed E-state index contributed by atoms with van der Waals surface area (Å²) in [4.78, 5) is 0. The number of anilines is 1. The molecule has 9 heteroatoms. The van der Waals surface area contributed by atoms with Gasteiger partial charge in [0.1, 0.15) is 11.6 Å². The van der Waals surface area contributed by atoms with E-state index >= 15 is 0 Å². The average molecular weight is 439 g/mol. The zero-order valence-electron chi connectivity index (χ0n) is 16.6. The first-order chi connectivity index (χ1) is 13.8. The van der Waals surface area contributed by atoms with Crippen molar-refractivity contribution in [3.05, 3.63) is 41.4 Å². The number of sulfonamides is 1. The van der Waals surface area contributed by atoms with Gasteiger partial charge in [0.15, 0.2) is 0 Å². The lowest BCUT2D eigenvalue weighted by molar-refractivity contribution is 0.336. The van der Waals surface area contributed by atoms with Crippen LogP contribution in [0, 0.1) is 5.92 Å². The van der Waals surface area contributed by atoms with Gasteiger partial charge in [-0.05, 0) is 75.8 Å². The molecule has 0 unspecified atom stereocenters. The number of benzene rings is 1. The average Bonchev–Trinajstić information content (AvgIpc) is 2.70. The molecule has 1 fully saturated rings. The van der Waals surface area contributed by atoms with Gasteiger partial charge in [0, 0.05) is 23.7 Å². The van der Waals surface area contributed by atoms with Crippen LogP contribution in [0.1, 0.15) is 39.5 Å². The third-order valence-corrected chi connectivity index (χ3v) is 7.13. The van der Waals surface area contributed by atoms with E-state index in [2.05, 4.69) is 20.2 Å². The number of aromatic nitrogens is 2. The molecule has 1 aliphatic carbocycles. The predicted molar refractivity (Wildman–Crippen MR) is 115 cm³/mol. The van der Waals surface area contributed by atoms with Gasteiger partial charge < -0.3 is 10.1 Å². The molecule has 0 saturated heterocycles. The third-order valence-electron chi connectivity index (χ3n) is 5.07. The van der Waals surface area contributed by atoms with Crippen molar-refractivity contribution in [2.75, 3.05) is 11.9 Å². The third kappa shape index (κ3) is 6.55. The van der Waals surface area contributed by atoms with E-state index in [4.69, 9.17) is 16.3 Å². The zero-order chi connectivity index (χ0) is 20.9. The Morgan fingerprint density at radius 1 is 1.07 bits per heavy atom. The highest BCUT2D eigenvalue weighted by atomic mass is 35.5. The van der Waals surface area contributed by atoms with Gasteiger partial charge in [0.2, 0.25) is 15.9 Å². The summed E-state index contributed by atoms with van der Waals surface area (Å²) in [5.41, 5.74) is 0. The Balaban J connectivity index is 1.44. The fourth-order valence-electron chi connectivity index (χ4n) is 3.20. The minimum absolute atomic E-state index is 0.310. The molecule has 0 aliphatic heterocycles. The molecule has 29 heavy (non-hydrogen) atoms. The van der Waals surface area contributed by atoms with E-state index in [-0.39, 0.29) is 0 Å². The van der Waals surface area contributed by atoms with Gasteiger partial charge in [-0.2, -0.15) is 0 Å². The van der Waals surface area contributed by atoms with Gasteiger partial charge in [-0.25, -0.2) is 13.1 Å². The summed E-state index contributed by atoms with van der Waals surface area (Å²) in [6.07, 6.45) is 3.89. The number of nitrogens with zero attached hydrogens (tertiary/aromatic N) is 2. The van der Waals surface area contributed by atoms with Crippen LogP contribution in [-0.4, -0.2) is 36.5 Å². The Morgan fingerprint density at radius 3 is 2.34 bits per heavy atom. The monoisotopic (exact) mass is 438 g/mol. The molecule has 0 radical (unpaired) electrons. The van der Waals surface area contributed by atoms with Crippen molar-refractivity contribution in [3.63, 3.8) is 0 Å². The lowest BCUT2D eigenvalue weighted by Crippen LogP contribution is -2.37. The van der Waals surface area contributed by atoms with Crippen molar-refractivity contribution in [3.8, 4) is 11.6 Å². The minimum atomic E-state index is -3.19. The molecular formula is C20H27ClN4O3S. The highest BCUT2D eigenvalue weighted by Crippen LogP contribution is 2.27. The van der Waals surface area contributed by atoms with Crippen LogP contribution in [0.4, 0.5) is 5.82 Å². The van der Waals surface area contributed by atoms with Crippen LogP contribution in [0.15, 0.2) is 36.4 Å². The minimum Gasteiger partial charge on any atom is -0.438 e. The number of halogens is 1. The first-order valence-electron chi connectivity index (χ1n) is 9.84. The van der Waals surface area contributed by atoms with Crippen molar-refractivity contribution in [1.29, 1.82) is 0 Å². The highest BCUT2D eigenvalue weighted by Gasteiger charge is 2.24. The molecule has 1 aromatic heterocycles. The Bertz CT molecular complexity index is 881. The molecule has 0 amide bonds. The summed E-state index contributed by atoms with van der Waals surface area (Å²) < 4.78 is 32.1. The second kappa shape index (κ2) is 9.73. The lowest BCUT2D eigenvalue weighted by Gasteiger charge is -2.29. The summed E-state index contributed by atoms with van der Waals surface area (Å²) in [6.45, 7) is 3.90. The summed E-state index contributed by atoms with van der Waals surface area (Å²) in [5, 5.41) is 12.0. The predicted octanol–water partition coefficient (Wildman–Crippen LogP) is 4.22. The van der Waals surface area contributed by atoms with Crippen LogP contribution in [0.2, 0.25) is 5.02 Å². The molecule has 2 N–H and O–H groups in total. The van der Waals surface area contributed by atoms with Crippen molar-refractivity contribution in [1.82, 2.24) is 14.9 Å². The van der Waals surface area contributed by atoms with E-state index in [1.165, 1.54) is 0 Å². The standard InChI is InChI=1S/C20H27ClN4O3S/c1-14(2)29(26,27)22-13-15-3-7-17(8-4-15)23-19-11-12-20(25-24-19)28-18-9-5-16(21)6-10-18/h5-6,9-12,14-15,17,22H,3-4,7-8,13H2,1-2H3,(H,23,24)/t15-,17-. The number of rotatable bonds is 8. The van der Waals surface area contributed by atoms with Gasteiger partial charge in [0.25, 0.3) is 0 Å². The maximum absolute atomic E-state index is 11.9. The molecular weight excluding hydrogens is 412 g/mol. The Morgan fingerprint density at radius 2 is 1.76 bits per heavy atom. The first-order valence-corrected chi connectivity index (χ1v) is 11.8. The Labute approximate surface area is 177 Å². The molecule has 2 aromatic rings. The van der Waals surface area contributed by atoms with Crippen LogP contribution in [0.25, 0.3) is 0 Å². The van der Waals surface area contributed by atoms with E-state index in [0.29, 0.717) is 41.0 Å². The molecule has 158 valence electrons. The summed E-state index contributed by atoms with van der Waals surface area (Å²) in [7, 11) is -3.19. The number of nitrogens with one attached hydrogen (secondary N) is 2. The molecule has 0 bridgehead atoms. The number of hydrogen-bond acceptors (Lipinski definition) is 6.